The molecular weight excluding hydrogens is 200 g/mol. The van der Waals surface area contributed by atoms with Crippen LogP contribution >= 0.6 is 0 Å². The van der Waals surface area contributed by atoms with Gasteiger partial charge in [-0.15, -0.1) is 0 Å². The Balaban J connectivity index is 2.36. The van der Waals surface area contributed by atoms with Gasteiger partial charge in [-0.1, -0.05) is 13.3 Å². The predicted octanol–water partition coefficient (Wildman–Crippen LogP) is 1.86. The van der Waals surface area contributed by atoms with E-state index < -0.39 is 0 Å². The van der Waals surface area contributed by atoms with Crippen molar-refractivity contribution < 1.29 is 4.74 Å². The Morgan fingerprint density at radius 3 is 2.69 bits per heavy atom. The number of rotatable bonds is 6. The highest BCUT2D eigenvalue weighted by Crippen LogP contribution is 2.28. The summed E-state index contributed by atoms with van der Waals surface area (Å²) in [6, 6.07) is 0.911. The number of hydrogen-bond acceptors (Lipinski definition) is 3. The van der Waals surface area contributed by atoms with E-state index in [0.29, 0.717) is 12.1 Å². The van der Waals surface area contributed by atoms with Crippen molar-refractivity contribution in [2.45, 2.75) is 51.6 Å². The number of ether oxygens (including phenoxy) is 1. The van der Waals surface area contributed by atoms with Crippen LogP contribution in [0.5, 0.6) is 0 Å². The van der Waals surface area contributed by atoms with Crippen molar-refractivity contribution in [3.8, 4) is 0 Å². The van der Waals surface area contributed by atoms with Gasteiger partial charge in [0.25, 0.3) is 0 Å². The van der Waals surface area contributed by atoms with Crippen molar-refractivity contribution in [3.05, 3.63) is 0 Å². The summed E-state index contributed by atoms with van der Waals surface area (Å²) >= 11 is 0. The van der Waals surface area contributed by atoms with Crippen LogP contribution in [0.4, 0.5) is 0 Å². The molecule has 0 saturated heterocycles. The Labute approximate surface area is 100 Å². The molecule has 3 atom stereocenters. The second-order valence-corrected chi connectivity index (χ2v) is 5.00. The fraction of sp³-hybridized carbons (Fsp3) is 1.00. The minimum atomic E-state index is 0.356. The van der Waals surface area contributed by atoms with Crippen LogP contribution < -0.4 is 5.73 Å². The summed E-state index contributed by atoms with van der Waals surface area (Å²) in [4.78, 5) is 2.39. The predicted molar refractivity (Wildman–Crippen MR) is 68.5 cm³/mol. The molecule has 96 valence electrons. The van der Waals surface area contributed by atoms with Gasteiger partial charge >= 0.3 is 0 Å². The zero-order valence-corrected chi connectivity index (χ0v) is 11.1. The third-order valence-electron chi connectivity index (χ3n) is 3.91. The normalized spacial score (nSPS) is 30.9. The lowest BCUT2D eigenvalue weighted by atomic mass is 9.81. The molecule has 0 aromatic carbocycles. The molecule has 0 spiro atoms. The van der Waals surface area contributed by atoms with Crippen molar-refractivity contribution >= 4 is 0 Å². The summed E-state index contributed by atoms with van der Waals surface area (Å²) in [7, 11) is 2.18. The average Bonchev–Trinajstić information content (AvgIpc) is 2.30. The summed E-state index contributed by atoms with van der Waals surface area (Å²) in [6.07, 6.45) is 5.05. The Bertz CT molecular complexity index is 187. The molecule has 1 rings (SSSR count). The van der Waals surface area contributed by atoms with Crippen molar-refractivity contribution in [2.24, 2.45) is 11.7 Å². The summed E-state index contributed by atoms with van der Waals surface area (Å²) in [5, 5.41) is 0. The lowest BCUT2D eigenvalue weighted by Crippen LogP contribution is -2.50. The standard InChI is InChI=1S/C13H28N2O/c1-4-11-6-7-12(14)13(10-11)15(3)8-9-16-5-2/h11-13H,4-10,14H2,1-3H3. The monoisotopic (exact) mass is 228 g/mol. The second-order valence-electron chi connectivity index (χ2n) is 5.00. The highest BCUT2D eigenvalue weighted by molar-refractivity contribution is 4.87. The van der Waals surface area contributed by atoms with Gasteiger partial charge in [0.2, 0.25) is 0 Å². The molecule has 0 bridgehead atoms. The molecule has 0 aromatic rings. The van der Waals surface area contributed by atoms with Crippen molar-refractivity contribution in [3.63, 3.8) is 0 Å². The van der Waals surface area contributed by atoms with Gasteiger partial charge in [0.1, 0.15) is 0 Å². The van der Waals surface area contributed by atoms with Crippen LogP contribution in [-0.4, -0.2) is 43.8 Å². The topological polar surface area (TPSA) is 38.5 Å². The smallest absolute Gasteiger partial charge is 0.0593 e. The summed E-state index contributed by atoms with van der Waals surface area (Å²) in [5.41, 5.74) is 6.22. The first-order chi connectivity index (χ1) is 7.69. The maximum Gasteiger partial charge on any atom is 0.0593 e. The molecule has 1 fully saturated rings. The first-order valence-electron chi connectivity index (χ1n) is 6.72. The third kappa shape index (κ3) is 4.04. The largest absolute Gasteiger partial charge is 0.380 e. The van der Waals surface area contributed by atoms with E-state index in [-0.39, 0.29) is 0 Å². The van der Waals surface area contributed by atoms with E-state index in [0.717, 1.165) is 25.7 Å². The van der Waals surface area contributed by atoms with E-state index in [1.807, 2.05) is 6.92 Å². The van der Waals surface area contributed by atoms with Gasteiger partial charge in [0.15, 0.2) is 0 Å². The fourth-order valence-corrected chi connectivity index (χ4v) is 2.65. The van der Waals surface area contributed by atoms with Gasteiger partial charge in [0.05, 0.1) is 6.61 Å². The van der Waals surface area contributed by atoms with E-state index in [1.165, 1.54) is 25.7 Å². The van der Waals surface area contributed by atoms with Crippen LogP contribution in [-0.2, 0) is 4.74 Å². The first kappa shape index (κ1) is 13.9. The van der Waals surface area contributed by atoms with Crippen LogP contribution in [0.2, 0.25) is 0 Å². The van der Waals surface area contributed by atoms with E-state index >= 15 is 0 Å². The zero-order valence-electron chi connectivity index (χ0n) is 11.1. The first-order valence-corrected chi connectivity index (χ1v) is 6.72. The molecule has 0 aliphatic heterocycles. The molecule has 16 heavy (non-hydrogen) atoms. The van der Waals surface area contributed by atoms with E-state index in [4.69, 9.17) is 10.5 Å². The van der Waals surface area contributed by atoms with Crippen molar-refractivity contribution in [2.75, 3.05) is 26.8 Å². The summed E-state index contributed by atoms with van der Waals surface area (Å²) < 4.78 is 5.40. The molecule has 1 aliphatic carbocycles. The van der Waals surface area contributed by atoms with Crippen LogP contribution in [0.25, 0.3) is 0 Å². The molecule has 0 heterocycles. The lowest BCUT2D eigenvalue weighted by Gasteiger charge is -2.39. The SMILES string of the molecule is CCOCCN(C)C1CC(CC)CCC1N. The van der Waals surface area contributed by atoms with Gasteiger partial charge in [-0.05, 0) is 39.2 Å². The van der Waals surface area contributed by atoms with Crippen molar-refractivity contribution in [1.82, 2.24) is 4.90 Å². The summed E-state index contributed by atoms with van der Waals surface area (Å²) in [5.74, 6) is 0.874. The van der Waals surface area contributed by atoms with E-state index in [2.05, 4.69) is 18.9 Å². The van der Waals surface area contributed by atoms with Gasteiger partial charge in [0, 0.05) is 25.2 Å². The number of likely N-dealkylation sites (N-methyl/N-ethyl adjacent to an activating group) is 1. The maximum absolute atomic E-state index is 6.22. The highest BCUT2D eigenvalue weighted by Gasteiger charge is 2.29. The Morgan fingerprint density at radius 1 is 1.31 bits per heavy atom. The zero-order chi connectivity index (χ0) is 12.0. The van der Waals surface area contributed by atoms with E-state index in [1.54, 1.807) is 0 Å². The minimum Gasteiger partial charge on any atom is -0.380 e. The number of nitrogens with zero attached hydrogens (tertiary/aromatic N) is 1. The lowest BCUT2D eigenvalue weighted by molar-refractivity contribution is 0.0802. The molecule has 3 nitrogen and oxygen atoms in total. The molecule has 2 N–H and O–H groups in total. The molecule has 3 heteroatoms. The second kappa shape index (κ2) is 7.25. The summed E-state index contributed by atoms with van der Waals surface area (Å²) in [6.45, 7) is 6.97. The highest BCUT2D eigenvalue weighted by atomic mass is 16.5. The average molecular weight is 228 g/mol. The van der Waals surface area contributed by atoms with E-state index in [9.17, 15) is 0 Å². The fourth-order valence-electron chi connectivity index (χ4n) is 2.65. The quantitative estimate of drug-likeness (QED) is 0.705. The van der Waals surface area contributed by atoms with Crippen LogP contribution in [0, 0.1) is 5.92 Å². The Kier molecular flexibility index (Phi) is 6.32. The molecular formula is C13H28N2O. The molecule has 0 amide bonds. The third-order valence-corrected chi connectivity index (χ3v) is 3.91. The van der Waals surface area contributed by atoms with Gasteiger partial charge in [-0.2, -0.15) is 0 Å². The Morgan fingerprint density at radius 2 is 2.06 bits per heavy atom. The van der Waals surface area contributed by atoms with Gasteiger partial charge in [-0.25, -0.2) is 0 Å². The van der Waals surface area contributed by atoms with Crippen LogP contribution in [0.1, 0.15) is 39.5 Å². The maximum atomic E-state index is 6.22. The number of hydrogen-bond donors (Lipinski definition) is 1. The Hall–Kier alpha value is -0.120. The minimum absolute atomic E-state index is 0.356. The van der Waals surface area contributed by atoms with Crippen molar-refractivity contribution in [1.29, 1.82) is 0 Å². The molecule has 0 radical (unpaired) electrons. The van der Waals surface area contributed by atoms with Crippen LogP contribution in [0.3, 0.4) is 0 Å². The van der Waals surface area contributed by atoms with Gasteiger partial charge in [-0.3, -0.25) is 4.90 Å². The molecule has 3 unspecified atom stereocenters. The molecule has 1 saturated carbocycles. The van der Waals surface area contributed by atoms with Gasteiger partial charge < -0.3 is 10.5 Å². The molecule has 1 aliphatic rings. The number of nitrogens with two attached hydrogens (primary N) is 1. The van der Waals surface area contributed by atoms with Crippen LogP contribution in [0.15, 0.2) is 0 Å². The molecule has 0 aromatic heterocycles.